The monoisotopic (exact) mass is 409 g/mol. The van der Waals surface area contributed by atoms with E-state index >= 15 is 0 Å². The van der Waals surface area contributed by atoms with Crippen LogP contribution in [0.5, 0.6) is 0 Å². The summed E-state index contributed by atoms with van der Waals surface area (Å²) in [4.78, 5) is 28.7. The summed E-state index contributed by atoms with van der Waals surface area (Å²) < 4.78 is 5.31. The summed E-state index contributed by atoms with van der Waals surface area (Å²) >= 11 is 0. The van der Waals surface area contributed by atoms with E-state index in [0.717, 1.165) is 37.7 Å². The number of non-ortho nitro benzene ring substituents is 1. The highest BCUT2D eigenvalue weighted by Gasteiger charge is 2.26. The van der Waals surface area contributed by atoms with Crippen molar-refractivity contribution in [2.24, 2.45) is 0 Å². The minimum Gasteiger partial charge on any atom is -0.354 e. The summed E-state index contributed by atoms with van der Waals surface area (Å²) in [6, 6.07) is 8.41. The van der Waals surface area contributed by atoms with Crippen molar-refractivity contribution in [3.05, 3.63) is 57.9 Å². The van der Waals surface area contributed by atoms with Gasteiger partial charge in [0.15, 0.2) is 11.6 Å². The number of nitro benzene ring substituents is 1. The van der Waals surface area contributed by atoms with Crippen molar-refractivity contribution in [1.29, 1.82) is 0 Å². The van der Waals surface area contributed by atoms with Crippen LogP contribution in [0.25, 0.3) is 11.4 Å². The molecule has 1 fully saturated rings. The molecule has 0 amide bonds. The van der Waals surface area contributed by atoms with Crippen LogP contribution in [-0.2, 0) is 0 Å². The number of rotatable bonds is 5. The maximum absolute atomic E-state index is 11.1. The lowest BCUT2D eigenvalue weighted by Gasteiger charge is -2.37. The molecule has 0 spiro atoms. The summed E-state index contributed by atoms with van der Waals surface area (Å²) in [6.45, 7) is 9.04. The highest BCUT2D eigenvalue weighted by molar-refractivity contribution is 5.61. The van der Waals surface area contributed by atoms with E-state index in [0.29, 0.717) is 23.1 Å². The number of piperazine rings is 1. The van der Waals surface area contributed by atoms with Gasteiger partial charge in [0.25, 0.3) is 5.69 Å². The Kier molecular flexibility index (Phi) is 5.40. The number of nitro groups is 1. The zero-order valence-corrected chi connectivity index (χ0v) is 17.1. The van der Waals surface area contributed by atoms with E-state index in [1.807, 2.05) is 19.9 Å². The largest absolute Gasteiger partial charge is 0.354 e. The van der Waals surface area contributed by atoms with Gasteiger partial charge in [-0.1, -0.05) is 17.3 Å². The first-order valence-electron chi connectivity index (χ1n) is 9.80. The van der Waals surface area contributed by atoms with Crippen molar-refractivity contribution in [2.45, 2.75) is 26.8 Å². The first kappa shape index (κ1) is 19.9. The van der Waals surface area contributed by atoms with Gasteiger partial charge in [-0.25, -0.2) is 9.97 Å². The lowest BCUT2D eigenvalue weighted by atomic mass is 10.2. The van der Waals surface area contributed by atoms with Gasteiger partial charge in [0, 0.05) is 55.6 Å². The van der Waals surface area contributed by atoms with E-state index in [1.54, 1.807) is 12.1 Å². The molecule has 1 aromatic carbocycles. The van der Waals surface area contributed by atoms with E-state index in [-0.39, 0.29) is 11.7 Å². The summed E-state index contributed by atoms with van der Waals surface area (Å²) in [6.07, 6.45) is 0. The number of aromatic nitrogens is 4. The molecule has 156 valence electrons. The van der Waals surface area contributed by atoms with E-state index in [1.165, 1.54) is 12.1 Å². The Hall–Kier alpha value is -3.40. The summed E-state index contributed by atoms with van der Waals surface area (Å²) in [5.41, 5.74) is 1.48. The lowest BCUT2D eigenvalue weighted by molar-refractivity contribution is -0.384. The Morgan fingerprint density at radius 2 is 1.87 bits per heavy atom. The molecule has 4 rings (SSSR count). The molecule has 0 saturated carbocycles. The molecule has 0 aliphatic carbocycles. The number of anilines is 1. The van der Waals surface area contributed by atoms with Crippen LogP contribution in [0, 0.1) is 24.0 Å². The van der Waals surface area contributed by atoms with E-state index in [4.69, 9.17) is 9.51 Å². The summed E-state index contributed by atoms with van der Waals surface area (Å²) in [5.74, 6) is 2.59. The van der Waals surface area contributed by atoms with Crippen molar-refractivity contribution in [3.63, 3.8) is 0 Å². The minimum atomic E-state index is -0.411. The molecule has 10 heteroatoms. The average molecular weight is 409 g/mol. The van der Waals surface area contributed by atoms with Crippen molar-refractivity contribution in [1.82, 2.24) is 25.0 Å². The molecular formula is C20H23N7O3. The van der Waals surface area contributed by atoms with Crippen molar-refractivity contribution in [2.75, 3.05) is 31.1 Å². The van der Waals surface area contributed by atoms with Crippen LogP contribution in [0.1, 0.15) is 30.4 Å². The Labute approximate surface area is 173 Å². The second kappa shape index (κ2) is 8.15. The Bertz CT molecular complexity index is 1060. The van der Waals surface area contributed by atoms with Crippen molar-refractivity contribution < 1.29 is 9.45 Å². The number of hydrogen-bond acceptors (Lipinski definition) is 9. The average Bonchev–Trinajstić information content (AvgIpc) is 3.19. The van der Waals surface area contributed by atoms with E-state index < -0.39 is 4.92 Å². The molecule has 30 heavy (non-hydrogen) atoms. The van der Waals surface area contributed by atoms with Crippen LogP contribution in [0.3, 0.4) is 0 Å². The van der Waals surface area contributed by atoms with E-state index in [2.05, 4.69) is 31.8 Å². The second-order valence-electron chi connectivity index (χ2n) is 7.38. The van der Waals surface area contributed by atoms with Gasteiger partial charge in [-0.2, -0.15) is 4.98 Å². The number of benzene rings is 1. The first-order valence-corrected chi connectivity index (χ1v) is 9.80. The van der Waals surface area contributed by atoms with Gasteiger partial charge in [-0.05, 0) is 20.8 Å². The Morgan fingerprint density at radius 3 is 2.53 bits per heavy atom. The van der Waals surface area contributed by atoms with E-state index in [9.17, 15) is 10.1 Å². The quantitative estimate of drug-likeness (QED) is 0.463. The van der Waals surface area contributed by atoms with Crippen molar-refractivity contribution >= 4 is 11.5 Å². The second-order valence-corrected chi connectivity index (χ2v) is 7.38. The van der Waals surface area contributed by atoms with Crippen molar-refractivity contribution in [3.8, 4) is 11.4 Å². The van der Waals surface area contributed by atoms with Crippen LogP contribution in [0.2, 0.25) is 0 Å². The maximum Gasteiger partial charge on any atom is 0.270 e. The van der Waals surface area contributed by atoms with Gasteiger partial charge in [-0.3, -0.25) is 15.0 Å². The van der Waals surface area contributed by atoms with Gasteiger partial charge in [0.05, 0.1) is 11.0 Å². The van der Waals surface area contributed by atoms with Gasteiger partial charge >= 0.3 is 0 Å². The van der Waals surface area contributed by atoms with Crippen LogP contribution in [-0.4, -0.2) is 56.1 Å². The number of hydrogen-bond donors (Lipinski definition) is 0. The summed E-state index contributed by atoms with van der Waals surface area (Å²) in [5, 5.41) is 15.0. The molecule has 10 nitrogen and oxygen atoms in total. The number of nitrogens with zero attached hydrogens (tertiary/aromatic N) is 7. The third kappa shape index (κ3) is 4.13. The van der Waals surface area contributed by atoms with Gasteiger partial charge in [-0.15, -0.1) is 0 Å². The molecule has 0 radical (unpaired) electrons. The lowest BCUT2D eigenvalue weighted by Crippen LogP contribution is -2.47. The molecule has 3 aromatic rings. The molecule has 0 bridgehead atoms. The standard InChI is InChI=1S/C20H23N7O3/c1-13-11-18(23-19(21-13)16-5-4-6-17(12-16)27(28)29)26-9-7-25(8-10-26)14(2)20-22-15(3)24-30-20/h4-6,11-12,14H,7-10H2,1-3H3. The SMILES string of the molecule is Cc1cc(N2CCN(C(C)c3nc(C)no3)CC2)nc(-c2cccc([N+](=O)[O-])c2)n1. The van der Waals surface area contributed by atoms with Gasteiger partial charge in [0.1, 0.15) is 5.82 Å². The molecule has 0 N–H and O–H groups in total. The minimum absolute atomic E-state index is 0.0259. The maximum atomic E-state index is 11.1. The molecule has 1 unspecified atom stereocenters. The normalized spacial score (nSPS) is 15.9. The zero-order valence-electron chi connectivity index (χ0n) is 17.1. The molecule has 1 aliphatic rings. The highest BCUT2D eigenvalue weighted by atomic mass is 16.6. The van der Waals surface area contributed by atoms with Crippen LogP contribution < -0.4 is 4.90 Å². The molecular weight excluding hydrogens is 386 g/mol. The topological polar surface area (TPSA) is 114 Å². The molecule has 1 aliphatic heterocycles. The van der Waals surface area contributed by atoms with Crippen LogP contribution in [0.15, 0.2) is 34.9 Å². The number of aryl methyl sites for hydroxylation is 2. The fourth-order valence-electron chi connectivity index (χ4n) is 3.58. The fourth-order valence-corrected chi connectivity index (χ4v) is 3.58. The van der Waals surface area contributed by atoms with Gasteiger partial charge in [0.2, 0.25) is 5.89 Å². The molecule has 1 saturated heterocycles. The summed E-state index contributed by atoms with van der Waals surface area (Å²) in [7, 11) is 0. The molecule has 1 atom stereocenters. The smallest absolute Gasteiger partial charge is 0.270 e. The van der Waals surface area contributed by atoms with Gasteiger partial charge < -0.3 is 9.42 Å². The molecule has 3 heterocycles. The van der Waals surface area contributed by atoms with Crippen LogP contribution >= 0.6 is 0 Å². The van der Waals surface area contributed by atoms with Crippen LogP contribution in [0.4, 0.5) is 11.5 Å². The zero-order chi connectivity index (χ0) is 21.3. The third-order valence-corrected chi connectivity index (χ3v) is 5.24. The Balaban J connectivity index is 1.50. The molecule has 2 aromatic heterocycles. The third-order valence-electron chi connectivity index (χ3n) is 5.24. The fraction of sp³-hybridized carbons (Fsp3) is 0.400. The predicted octanol–water partition coefficient (Wildman–Crippen LogP) is 2.93. The first-order chi connectivity index (χ1) is 14.4. The highest BCUT2D eigenvalue weighted by Crippen LogP contribution is 2.26. The predicted molar refractivity (Wildman–Crippen MR) is 110 cm³/mol. The Morgan fingerprint density at radius 1 is 1.10 bits per heavy atom.